The summed E-state index contributed by atoms with van der Waals surface area (Å²) in [5, 5.41) is 41.8. The third-order valence-corrected chi connectivity index (χ3v) is 15.2. The number of ether oxygens (including phenoxy) is 2. The number of nitrogen functional groups attached to an aromatic ring is 2. The summed E-state index contributed by atoms with van der Waals surface area (Å²) in [4.78, 5) is 72.6. The van der Waals surface area contributed by atoms with Crippen LogP contribution in [0.4, 0.5) is 11.6 Å². The Bertz CT molecular complexity index is 2230. The van der Waals surface area contributed by atoms with Crippen molar-refractivity contribution in [2.45, 2.75) is 49.1 Å². The molecule has 2 saturated heterocycles. The molecule has 4 aromatic heterocycles. The summed E-state index contributed by atoms with van der Waals surface area (Å²) in [5.74, 6) is -0.0770. The van der Waals surface area contributed by atoms with Gasteiger partial charge in [0.1, 0.15) is 60.3 Å². The van der Waals surface area contributed by atoms with E-state index >= 15 is 0 Å². The van der Waals surface area contributed by atoms with Gasteiger partial charge < -0.3 is 65.8 Å². The highest BCUT2D eigenvalue weighted by Crippen LogP contribution is 2.73. The van der Waals surface area contributed by atoms with Crippen molar-refractivity contribution in [3.8, 4) is 0 Å². The van der Waals surface area contributed by atoms with Crippen LogP contribution in [0.25, 0.3) is 22.3 Å². The molecule has 2 aliphatic rings. The fourth-order valence-electron chi connectivity index (χ4n) is 5.25. The Balaban J connectivity index is 1.00. The highest BCUT2D eigenvalue weighted by atomic mass is 31.3. The minimum Gasteiger partial charge on any atom is -0.387 e. The topological polar surface area (TPSA) is 481 Å². The molecule has 2 fully saturated rings. The first-order valence-electron chi connectivity index (χ1n) is 15.1. The number of phosphoric ester groups is 2. The van der Waals surface area contributed by atoms with Gasteiger partial charge in [0.15, 0.2) is 35.4 Å². The number of phosphoric acid groups is 5. The summed E-state index contributed by atoms with van der Waals surface area (Å²) >= 11 is 0. The third-order valence-electron chi connectivity index (χ3n) is 7.63. The van der Waals surface area contributed by atoms with E-state index in [1.165, 1.54) is 0 Å². The zero-order chi connectivity index (χ0) is 41.9. The van der Waals surface area contributed by atoms with E-state index in [1.807, 2.05) is 0 Å². The van der Waals surface area contributed by atoms with Crippen molar-refractivity contribution >= 4 is 73.1 Å². The van der Waals surface area contributed by atoms with Gasteiger partial charge in [0.2, 0.25) is 0 Å². The molecule has 0 radical (unpaired) electrons. The maximum absolute atomic E-state index is 12.4. The van der Waals surface area contributed by atoms with Crippen molar-refractivity contribution in [1.29, 1.82) is 0 Å². The lowest BCUT2D eigenvalue weighted by Gasteiger charge is -2.21. The number of hydrogen-bond acceptors (Lipinski definition) is 25. The van der Waals surface area contributed by atoms with Crippen LogP contribution in [0, 0.1) is 0 Å². The number of rotatable bonds is 16. The van der Waals surface area contributed by atoms with Crippen LogP contribution in [0.2, 0.25) is 0 Å². The molecule has 0 aromatic carbocycles. The van der Waals surface area contributed by atoms with Crippen LogP contribution in [0.15, 0.2) is 25.3 Å². The van der Waals surface area contributed by atoms with Crippen molar-refractivity contribution in [2.24, 2.45) is 0 Å². The monoisotopic (exact) mass is 916 g/mol. The average molecular weight is 916 g/mol. The maximum atomic E-state index is 12.4. The summed E-state index contributed by atoms with van der Waals surface area (Å²) in [6.07, 6.45) is -9.04. The van der Waals surface area contributed by atoms with E-state index in [2.05, 4.69) is 56.2 Å². The van der Waals surface area contributed by atoms with Crippen LogP contribution < -0.4 is 11.5 Å². The van der Waals surface area contributed by atoms with E-state index in [0.717, 1.165) is 34.4 Å². The first-order chi connectivity index (χ1) is 26.4. The highest BCUT2D eigenvalue weighted by molar-refractivity contribution is 7.71. The van der Waals surface area contributed by atoms with E-state index in [1.54, 1.807) is 0 Å². The number of hydrogen-bond donors (Lipinski definition) is 11. The van der Waals surface area contributed by atoms with E-state index < -0.39 is 101 Å². The van der Waals surface area contributed by atoms with Gasteiger partial charge >= 0.3 is 39.1 Å². The van der Waals surface area contributed by atoms with Gasteiger partial charge in [-0.3, -0.25) is 18.2 Å². The normalized spacial score (nSPS) is 30.8. The molecule has 57 heavy (non-hydrogen) atoms. The van der Waals surface area contributed by atoms with Crippen molar-refractivity contribution in [2.75, 3.05) is 24.7 Å². The van der Waals surface area contributed by atoms with Gasteiger partial charge in [-0.15, -0.1) is 0 Å². The second-order valence-corrected chi connectivity index (χ2v) is 19.3. The summed E-state index contributed by atoms with van der Waals surface area (Å²) in [6, 6.07) is 0. The van der Waals surface area contributed by atoms with Crippen LogP contribution >= 0.6 is 39.1 Å². The molecule has 316 valence electrons. The number of nitrogens with zero attached hydrogens (tertiary/aromatic N) is 8. The SMILES string of the molecule is Nc1ncnc2c1ncn2[C@@H]1O[C@@H](COP(=O)(O)OP(=O)(O)OP(=O)(O)OP(=O)(O)OP(=O)(O)OC[C@@H]2O[C@@H](n3cnc4c(N)ncnc43)[C@H](O)[C@H]2O)[C@H](O)[C@H]1O. The molecule has 32 nitrogen and oxygen atoms in total. The van der Waals surface area contributed by atoms with E-state index in [4.69, 9.17) is 20.9 Å². The molecule has 4 unspecified atom stereocenters. The van der Waals surface area contributed by atoms with Crippen LogP contribution in [-0.2, 0) is 58.6 Å². The predicted molar refractivity (Wildman–Crippen MR) is 177 cm³/mol. The lowest BCUT2D eigenvalue weighted by molar-refractivity contribution is -0.0503. The molecule has 6 heterocycles. The number of aliphatic hydroxyl groups is 4. The van der Waals surface area contributed by atoms with E-state index in [9.17, 15) is 67.7 Å². The van der Waals surface area contributed by atoms with Crippen LogP contribution in [0.5, 0.6) is 0 Å². The van der Waals surface area contributed by atoms with Gasteiger partial charge in [0, 0.05) is 0 Å². The van der Waals surface area contributed by atoms with Crippen molar-refractivity contribution in [3.05, 3.63) is 25.3 Å². The lowest BCUT2D eigenvalue weighted by atomic mass is 10.1. The fraction of sp³-hybridized carbons (Fsp3) is 0.500. The maximum Gasteiger partial charge on any atom is 0.490 e. The second-order valence-electron chi connectivity index (χ2n) is 11.5. The number of aromatic nitrogens is 8. The summed E-state index contributed by atoms with van der Waals surface area (Å²) in [6.45, 7) is -2.34. The minimum atomic E-state index is -6.45. The molecular weight excluding hydrogens is 887 g/mol. The Kier molecular flexibility index (Phi) is 12.3. The van der Waals surface area contributed by atoms with Gasteiger partial charge in [-0.25, -0.2) is 52.7 Å². The zero-order valence-electron chi connectivity index (χ0n) is 27.6. The number of nitrogens with two attached hydrogens (primary N) is 2. The molecule has 4 aromatic rings. The molecule has 6 rings (SSSR count). The first-order valence-corrected chi connectivity index (χ1v) is 22.5. The Morgan fingerprint density at radius 1 is 0.544 bits per heavy atom. The number of anilines is 2. The molecule has 0 saturated carbocycles. The van der Waals surface area contributed by atoms with Gasteiger partial charge in [0.05, 0.1) is 25.9 Å². The Morgan fingerprint density at radius 3 is 1.23 bits per heavy atom. The standard InChI is InChI=1S/C20H29N10O22P5/c21-15-9-17(25-3-23-15)29(5-27-9)19-13(33)11(31)7(47-19)1-45-53(35,36)49-55(39,40)51-57(43,44)52-56(41,42)50-54(37,38)46-2-8-12(32)14(34)20(48-8)30-6-28-10-16(22)24-4-26-18(10)30/h3-8,11-14,19-20,31-34H,1-2H2,(H,35,36)(H,37,38)(H,39,40)(H,41,42)(H,43,44)(H2,21,23,25)(H2,22,24,26)/t7-,8-,11-,12-,13+,14+,19+,20+/m0/s1. The van der Waals surface area contributed by atoms with Gasteiger partial charge in [-0.2, -0.15) is 17.2 Å². The van der Waals surface area contributed by atoms with Crippen molar-refractivity contribution in [1.82, 2.24) is 39.0 Å². The molecule has 0 amide bonds. The molecular formula is C20H29N10O22P5. The number of imidazole rings is 2. The van der Waals surface area contributed by atoms with Gasteiger partial charge in [0.25, 0.3) is 0 Å². The largest absolute Gasteiger partial charge is 0.490 e. The quantitative estimate of drug-likeness (QED) is 0.0525. The number of aliphatic hydroxyl groups excluding tert-OH is 4. The van der Waals surface area contributed by atoms with Crippen LogP contribution in [-0.4, -0.2) is 134 Å². The van der Waals surface area contributed by atoms with E-state index in [-0.39, 0.29) is 34.0 Å². The second kappa shape index (κ2) is 16.0. The van der Waals surface area contributed by atoms with Crippen LogP contribution in [0.3, 0.4) is 0 Å². The Labute approximate surface area is 314 Å². The molecule has 0 spiro atoms. The molecule has 37 heteroatoms. The average Bonchev–Trinajstić information content (AvgIpc) is 3.83. The molecule has 12 atom stereocenters. The zero-order valence-corrected chi connectivity index (χ0v) is 32.1. The molecule has 0 aliphatic carbocycles. The minimum absolute atomic E-state index is 0.0385. The van der Waals surface area contributed by atoms with Crippen LogP contribution in [0.1, 0.15) is 12.5 Å². The molecule has 13 N–H and O–H groups in total. The van der Waals surface area contributed by atoms with Gasteiger partial charge in [-0.1, -0.05) is 0 Å². The lowest BCUT2D eigenvalue weighted by Crippen LogP contribution is -2.33. The Hall–Kier alpha value is -2.83. The predicted octanol–water partition coefficient (Wildman–Crippen LogP) is -2.33. The fourth-order valence-corrected chi connectivity index (χ4v) is 11.6. The highest BCUT2D eigenvalue weighted by Gasteiger charge is 2.51. The van der Waals surface area contributed by atoms with E-state index in [0.29, 0.717) is 0 Å². The number of fused-ring (bicyclic) bond motifs is 2. The van der Waals surface area contributed by atoms with Crippen molar-refractivity contribution in [3.63, 3.8) is 0 Å². The summed E-state index contributed by atoms with van der Waals surface area (Å²) in [7, 11) is -30.8. The summed E-state index contributed by atoms with van der Waals surface area (Å²) < 4.78 is 98.9. The van der Waals surface area contributed by atoms with Crippen molar-refractivity contribution < 1.29 is 103 Å². The Morgan fingerprint density at radius 2 is 0.877 bits per heavy atom. The summed E-state index contributed by atoms with van der Waals surface area (Å²) in [5.41, 5.74) is 11.7. The first kappa shape index (κ1) is 43.7. The molecule has 0 bridgehead atoms. The van der Waals surface area contributed by atoms with Gasteiger partial charge in [-0.05, 0) is 0 Å². The molecule has 2 aliphatic heterocycles. The smallest absolute Gasteiger partial charge is 0.387 e. The third kappa shape index (κ3) is 9.80.